The molecule has 3 aromatic carbocycles. The molecule has 1 heterocycles. The molecular formula is C25H20N4Na2O9S3. The number of anilines is 1. The second-order valence-electron chi connectivity index (χ2n) is 8.46. The van der Waals surface area contributed by atoms with E-state index >= 15 is 0 Å². The summed E-state index contributed by atoms with van der Waals surface area (Å²) in [4.78, 5) is 15.8. The number of thiazole rings is 1. The number of methoxy groups -OCH3 is 1. The number of nitrogens with zero attached hydrogens (tertiary/aromatic N) is 3. The number of allylic oxidation sites excluding steroid dienone is 1. The van der Waals surface area contributed by atoms with Crippen molar-refractivity contribution >= 4 is 59.1 Å². The number of nitrogens with one attached hydrogen (secondary N) is 1. The average molecular weight is 663 g/mol. The molecule has 0 saturated heterocycles. The van der Waals surface area contributed by atoms with Crippen molar-refractivity contribution in [3.8, 4) is 16.3 Å². The molecule has 0 atom stereocenters. The Morgan fingerprint density at radius 1 is 1.02 bits per heavy atom. The Hall–Kier alpha value is -2.22. The van der Waals surface area contributed by atoms with Crippen molar-refractivity contribution in [3.05, 3.63) is 71.6 Å². The van der Waals surface area contributed by atoms with Gasteiger partial charge in [-0.3, -0.25) is 4.79 Å². The van der Waals surface area contributed by atoms with Crippen molar-refractivity contribution in [1.82, 2.24) is 4.98 Å². The number of aryl methyl sites for hydroxylation is 1. The van der Waals surface area contributed by atoms with Crippen LogP contribution in [-0.4, -0.2) is 49.0 Å². The number of rotatable bonds is 8. The summed E-state index contributed by atoms with van der Waals surface area (Å²) in [5.74, 6) is -1.11. The number of aliphatic hydroxyl groups excluding tert-OH is 1. The molecule has 18 heteroatoms. The van der Waals surface area contributed by atoms with Gasteiger partial charge >= 0.3 is 59.1 Å². The van der Waals surface area contributed by atoms with Gasteiger partial charge in [-0.25, -0.2) is 21.8 Å². The van der Waals surface area contributed by atoms with Crippen LogP contribution in [0.1, 0.15) is 12.5 Å². The molecule has 13 nitrogen and oxygen atoms in total. The van der Waals surface area contributed by atoms with Crippen molar-refractivity contribution in [2.24, 2.45) is 10.2 Å². The number of hydrogen-bond acceptors (Lipinski definition) is 13. The van der Waals surface area contributed by atoms with E-state index in [9.17, 15) is 35.8 Å². The Balaban J connectivity index is 0.00000323. The molecule has 214 valence electrons. The molecule has 0 bridgehead atoms. The maximum Gasteiger partial charge on any atom is 1.00 e. The largest absolute Gasteiger partial charge is 1.00 e. The van der Waals surface area contributed by atoms with Gasteiger partial charge in [0.2, 0.25) is 0 Å². The molecule has 0 fully saturated rings. The number of fused-ring (bicyclic) bond motifs is 1. The van der Waals surface area contributed by atoms with E-state index in [0.717, 1.165) is 30.4 Å². The molecule has 4 aromatic rings. The zero-order chi connectivity index (χ0) is 30.1. The van der Waals surface area contributed by atoms with E-state index in [0.29, 0.717) is 5.75 Å². The van der Waals surface area contributed by atoms with E-state index in [-0.39, 0.29) is 91.2 Å². The average Bonchev–Trinajstić information content (AvgIpc) is 3.31. The third kappa shape index (κ3) is 8.49. The number of carbonyl (C=O) groups is 1. The van der Waals surface area contributed by atoms with E-state index in [1.54, 1.807) is 18.2 Å². The predicted octanol–water partition coefficient (Wildman–Crippen LogP) is -1.39. The third-order valence-electron chi connectivity index (χ3n) is 5.61. The zero-order valence-electron chi connectivity index (χ0n) is 23.5. The maximum atomic E-state index is 12.8. The number of azo groups is 1. The van der Waals surface area contributed by atoms with Crippen molar-refractivity contribution in [1.29, 1.82) is 0 Å². The Labute approximate surface area is 295 Å². The Bertz CT molecular complexity index is 1970. The summed E-state index contributed by atoms with van der Waals surface area (Å²) in [6.45, 7) is 2.62. The van der Waals surface area contributed by atoms with Crippen LogP contribution >= 0.6 is 11.3 Å². The minimum absolute atomic E-state index is 0. The Kier molecular flexibility index (Phi) is 12.6. The molecule has 0 unspecified atom stereocenters. The van der Waals surface area contributed by atoms with Gasteiger partial charge < -0.3 is 24.3 Å². The zero-order valence-corrected chi connectivity index (χ0v) is 29.9. The van der Waals surface area contributed by atoms with Crippen LogP contribution in [0.25, 0.3) is 20.8 Å². The van der Waals surface area contributed by atoms with Crippen LogP contribution in [0.3, 0.4) is 0 Å². The first-order valence-corrected chi connectivity index (χ1v) is 15.1. The van der Waals surface area contributed by atoms with E-state index in [1.807, 2.05) is 0 Å². The van der Waals surface area contributed by atoms with E-state index < -0.39 is 53.1 Å². The molecule has 43 heavy (non-hydrogen) atoms. The van der Waals surface area contributed by atoms with E-state index in [1.165, 1.54) is 38.3 Å². The summed E-state index contributed by atoms with van der Waals surface area (Å²) in [7, 11) is -8.59. The number of para-hydroxylation sites is 2. The normalized spacial score (nSPS) is 12.3. The van der Waals surface area contributed by atoms with Crippen molar-refractivity contribution < 1.29 is 99.7 Å². The van der Waals surface area contributed by atoms with Crippen LogP contribution in [0, 0.1) is 6.92 Å². The summed E-state index contributed by atoms with van der Waals surface area (Å²) >= 11 is 0.828. The van der Waals surface area contributed by atoms with Gasteiger partial charge in [-0.2, -0.15) is 0 Å². The van der Waals surface area contributed by atoms with Gasteiger partial charge in [-0.15, -0.1) is 21.6 Å². The number of benzene rings is 3. The van der Waals surface area contributed by atoms with Gasteiger partial charge in [0.25, 0.3) is 5.91 Å². The number of aliphatic hydroxyl groups is 1. The maximum absolute atomic E-state index is 12.8. The summed E-state index contributed by atoms with van der Waals surface area (Å²) in [5, 5.41) is 20.1. The number of hydrogen-bond donors (Lipinski definition) is 2. The first kappa shape index (κ1) is 37.0. The van der Waals surface area contributed by atoms with Crippen LogP contribution in [0.4, 0.5) is 11.4 Å². The van der Waals surface area contributed by atoms with Gasteiger partial charge in [0.15, 0.2) is 5.70 Å². The van der Waals surface area contributed by atoms with Crippen molar-refractivity contribution in [3.63, 3.8) is 0 Å². The second-order valence-corrected chi connectivity index (χ2v) is 12.1. The quantitative estimate of drug-likeness (QED) is 0.0742. The summed E-state index contributed by atoms with van der Waals surface area (Å²) in [5.41, 5.74) is -0.210. The Morgan fingerprint density at radius 2 is 1.70 bits per heavy atom. The molecule has 0 aliphatic carbocycles. The molecule has 1 aromatic heterocycles. The van der Waals surface area contributed by atoms with Crippen molar-refractivity contribution in [2.45, 2.75) is 23.6 Å². The topological polar surface area (TPSA) is 211 Å². The van der Waals surface area contributed by atoms with Gasteiger partial charge in [0, 0.05) is 5.56 Å². The second kappa shape index (κ2) is 14.7. The molecule has 1 amide bonds. The van der Waals surface area contributed by atoms with Gasteiger partial charge in [-0.05, 0) is 55.8 Å². The molecule has 0 spiro atoms. The molecule has 4 rings (SSSR count). The smallest absolute Gasteiger partial charge is 0.744 e. The fourth-order valence-corrected chi connectivity index (χ4v) is 6.66. The number of ether oxygens (including phenoxy) is 1. The first-order chi connectivity index (χ1) is 19.2. The minimum Gasteiger partial charge on any atom is -0.744 e. The first-order valence-electron chi connectivity index (χ1n) is 11.4. The van der Waals surface area contributed by atoms with Crippen molar-refractivity contribution in [2.75, 3.05) is 12.4 Å². The summed E-state index contributed by atoms with van der Waals surface area (Å²) in [6.07, 6.45) is 0. The fourth-order valence-electron chi connectivity index (χ4n) is 3.75. The molecule has 0 aliphatic heterocycles. The van der Waals surface area contributed by atoms with Gasteiger partial charge in [0.1, 0.15) is 42.4 Å². The Morgan fingerprint density at radius 3 is 2.30 bits per heavy atom. The predicted molar refractivity (Wildman–Crippen MR) is 147 cm³/mol. The summed E-state index contributed by atoms with van der Waals surface area (Å²) in [6, 6.07) is 12.8. The molecule has 2 N–H and O–H groups in total. The monoisotopic (exact) mass is 662 g/mol. The number of carbonyl (C=O) groups excluding carboxylic acids is 1. The minimum atomic E-state index is -5.15. The van der Waals surface area contributed by atoms with E-state index in [4.69, 9.17) is 4.74 Å². The van der Waals surface area contributed by atoms with Crippen LogP contribution in [0.15, 0.2) is 86.1 Å². The van der Waals surface area contributed by atoms with E-state index in [2.05, 4.69) is 20.5 Å². The number of aromatic nitrogens is 1. The van der Waals surface area contributed by atoms with Crippen LogP contribution in [-0.2, 0) is 25.0 Å². The van der Waals surface area contributed by atoms with Crippen LogP contribution in [0.2, 0.25) is 0 Å². The molecule has 0 aliphatic rings. The standard InChI is InChI=1S/C25H22N4O9S3.2Na/c1-13-8-10-18-22(23(13)41(35,36)37)39-25(27-18)15-9-11-17(20(12-15)40(32,33)34)28-29-21(14(2)30)24(31)26-16-6-4-5-7-19(16)38-3;;/h4-12,30H,1-3H3,(H,26,31)(H,32,33,34)(H,35,36,37);;/q;2*+1/p-2. The molecule has 0 radical (unpaired) electrons. The molecule has 0 saturated carbocycles. The van der Waals surface area contributed by atoms with Crippen LogP contribution in [0.5, 0.6) is 5.75 Å². The molecular weight excluding hydrogens is 642 g/mol. The summed E-state index contributed by atoms with van der Waals surface area (Å²) < 4.78 is 77.1. The van der Waals surface area contributed by atoms with Gasteiger partial charge in [0.05, 0.1) is 32.8 Å². The third-order valence-corrected chi connectivity index (χ3v) is 8.76. The SMILES string of the molecule is COc1ccccc1NC(=O)C(N=Nc1ccc(-c2nc3ccc(C)c(S(=O)(=O)[O-])c3s2)cc1S(=O)(=O)[O-])=C(C)O.[Na+].[Na+]. The van der Waals surface area contributed by atoms with Crippen LogP contribution < -0.4 is 69.2 Å². The number of amides is 1. The fraction of sp³-hybridized carbons (Fsp3) is 0.120. The van der Waals surface area contributed by atoms with Gasteiger partial charge in [-0.1, -0.05) is 18.2 Å².